The molecule has 0 aliphatic heterocycles. The van der Waals surface area contributed by atoms with E-state index >= 15 is 0 Å². The van der Waals surface area contributed by atoms with Gasteiger partial charge in [-0.2, -0.15) is 0 Å². The molecule has 0 heterocycles. The van der Waals surface area contributed by atoms with Crippen LogP contribution in [0.25, 0.3) is 0 Å². The molecule has 0 amide bonds. The van der Waals surface area contributed by atoms with Gasteiger partial charge in [0.1, 0.15) is 0 Å². The van der Waals surface area contributed by atoms with Crippen molar-refractivity contribution in [1.82, 2.24) is 0 Å². The quantitative estimate of drug-likeness (QED) is 0.658. The van der Waals surface area contributed by atoms with Crippen molar-refractivity contribution in [3.63, 3.8) is 0 Å². The third-order valence-electron chi connectivity index (χ3n) is 2.03. The minimum Gasteiger partial charge on any atom is -0.349 e. The van der Waals surface area contributed by atoms with Gasteiger partial charge in [0.2, 0.25) is 0 Å². The molecule has 1 heteroatoms. The van der Waals surface area contributed by atoms with Crippen molar-refractivity contribution in [2.75, 3.05) is 11.9 Å². The van der Waals surface area contributed by atoms with Gasteiger partial charge in [0.05, 0.1) is 0 Å². The lowest BCUT2D eigenvalue weighted by Crippen LogP contribution is -2.14. The molecular formula is C11H15N. The lowest BCUT2D eigenvalue weighted by Gasteiger charge is -2.20. The van der Waals surface area contributed by atoms with E-state index in [0.717, 1.165) is 12.1 Å². The van der Waals surface area contributed by atoms with Crippen LogP contribution in [0.3, 0.4) is 0 Å². The minimum absolute atomic E-state index is 0.991. The fourth-order valence-electron chi connectivity index (χ4n) is 1.07. The number of anilines is 1. The Morgan fingerprint density at radius 1 is 1.33 bits per heavy atom. The highest BCUT2D eigenvalue weighted by molar-refractivity contribution is 5.50. The van der Waals surface area contributed by atoms with Crippen LogP contribution in [0.5, 0.6) is 0 Å². The first kappa shape index (κ1) is 8.85. The summed E-state index contributed by atoms with van der Waals surface area (Å²) in [7, 11) is 2.04. The predicted octanol–water partition coefficient (Wildman–Crippen LogP) is 3.05. The van der Waals surface area contributed by atoms with Crippen molar-refractivity contribution in [3.8, 4) is 0 Å². The summed E-state index contributed by atoms with van der Waals surface area (Å²) in [5.74, 6) is 0. The molecule has 0 saturated heterocycles. The highest BCUT2D eigenvalue weighted by Gasteiger charge is 2.00. The number of hydrogen-bond acceptors (Lipinski definition) is 1. The molecular weight excluding hydrogens is 146 g/mol. The molecule has 0 atom stereocenters. The van der Waals surface area contributed by atoms with E-state index < -0.39 is 0 Å². The molecule has 12 heavy (non-hydrogen) atoms. The van der Waals surface area contributed by atoms with Crippen LogP contribution in [0.15, 0.2) is 42.6 Å². The lowest BCUT2D eigenvalue weighted by atomic mass is 10.2. The maximum atomic E-state index is 3.98. The zero-order valence-corrected chi connectivity index (χ0v) is 7.75. The van der Waals surface area contributed by atoms with Gasteiger partial charge in [0, 0.05) is 18.4 Å². The zero-order valence-electron chi connectivity index (χ0n) is 7.75. The molecule has 0 unspecified atom stereocenters. The van der Waals surface area contributed by atoms with Gasteiger partial charge in [-0.25, -0.2) is 0 Å². The largest absolute Gasteiger partial charge is 0.349 e. The number of nitrogens with zero attached hydrogens (tertiary/aromatic N) is 1. The molecule has 0 aliphatic rings. The zero-order chi connectivity index (χ0) is 8.97. The second-order valence-electron chi connectivity index (χ2n) is 2.81. The molecule has 0 radical (unpaired) electrons. The van der Waals surface area contributed by atoms with E-state index in [4.69, 9.17) is 0 Å². The summed E-state index contributed by atoms with van der Waals surface area (Å²) in [4.78, 5) is 2.11. The predicted molar refractivity (Wildman–Crippen MR) is 54.3 cm³/mol. The Morgan fingerprint density at radius 3 is 2.42 bits per heavy atom. The van der Waals surface area contributed by atoms with E-state index in [9.17, 15) is 0 Å². The van der Waals surface area contributed by atoms with Gasteiger partial charge in [-0.15, -0.1) is 0 Å². The standard InChI is InChI=1S/C11H15N/c1-4-10(2)12(3)11-8-6-5-7-9-11/h5-9H,2,4H2,1,3H3. The van der Waals surface area contributed by atoms with Gasteiger partial charge < -0.3 is 4.90 Å². The first-order valence-electron chi connectivity index (χ1n) is 4.22. The Morgan fingerprint density at radius 2 is 1.92 bits per heavy atom. The van der Waals surface area contributed by atoms with Crippen LogP contribution < -0.4 is 4.90 Å². The first-order chi connectivity index (χ1) is 5.75. The van der Waals surface area contributed by atoms with E-state index in [1.165, 1.54) is 5.69 Å². The molecule has 0 N–H and O–H groups in total. The number of rotatable bonds is 3. The second-order valence-corrected chi connectivity index (χ2v) is 2.81. The first-order valence-corrected chi connectivity index (χ1v) is 4.22. The van der Waals surface area contributed by atoms with E-state index in [1.54, 1.807) is 0 Å². The highest BCUT2D eigenvalue weighted by atomic mass is 15.1. The third kappa shape index (κ3) is 1.88. The number of hydrogen-bond donors (Lipinski definition) is 0. The fourth-order valence-corrected chi connectivity index (χ4v) is 1.07. The molecule has 1 rings (SSSR count). The number of para-hydroxylation sites is 1. The van der Waals surface area contributed by atoms with Gasteiger partial charge in [0.25, 0.3) is 0 Å². The van der Waals surface area contributed by atoms with E-state index in [-0.39, 0.29) is 0 Å². The van der Waals surface area contributed by atoms with Gasteiger partial charge in [-0.3, -0.25) is 0 Å². The summed E-state index contributed by atoms with van der Waals surface area (Å²) in [6.07, 6.45) is 0.991. The average Bonchev–Trinajstić information content (AvgIpc) is 2.17. The molecule has 1 aromatic rings. The summed E-state index contributed by atoms with van der Waals surface area (Å²) < 4.78 is 0. The van der Waals surface area contributed by atoms with Crippen LogP contribution >= 0.6 is 0 Å². The normalized spacial score (nSPS) is 9.50. The summed E-state index contributed by atoms with van der Waals surface area (Å²) in [6, 6.07) is 10.3. The maximum Gasteiger partial charge on any atom is 0.0405 e. The molecule has 0 aliphatic carbocycles. The summed E-state index contributed by atoms with van der Waals surface area (Å²) in [5, 5.41) is 0. The second kappa shape index (κ2) is 3.96. The SMILES string of the molecule is C=C(CC)N(C)c1ccccc1. The van der Waals surface area contributed by atoms with E-state index in [2.05, 4.69) is 30.5 Å². The Labute approximate surface area is 74.3 Å². The molecule has 0 fully saturated rings. The van der Waals surface area contributed by atoms with Crippen molar-refractivity contribution in [2.24, 2.45) is 0 Å². The number of benzene rings is 1. The van der Waals surface area contributed by atoms with Crippen molar-refractivity contribution < 1.29 is 0 Å². The molecule has 1 nitrogen and oxygen atoms in total. The lowest BCUT2D eigenvalue weighted by molar-refractivity contribution is 0.985. The Balaban J connectivity index is 2.78. The third-order valence-corrected chi connectivity index (χ3v) is 2.03. The fraction of sp³-hybridized carbons (Fsp3) is 0.273. The molecule has 64 valence electrons. The summed E-state index contributed by atoms with van der Waals surface area (Å²) in [5.41, 5.74) is 2.34. The van der Waals surface area contributed by atoms with Gasteiger partial charge >= 0.3 is 0 Å². The van der Waals surface area contributed by atoms with Crippen LogP contribution in [-0.2, 0) is 0 Å². The Hall–Kier alpha value is -1.24. The van der Waals surface area contributed by atoms with Crippen LogP contribution in [0.2, 0.25) is 0 Å². The Bertz CT molecular complexity index is 251. The summed E-state index contributed by atoms with van der Waals surface area (Å²) >= 11 is 0. The number of allylic oxidation sites excluding steroid dienone is 1. The van der Waals surface area contributed by atoms with Crippen molar-refractivity contribution >= 4 is 5.69 Å². The highest BCUT2D eigenvalue weighted by Crippen LogP contribution is 2.16. The summed E-state index contributed by atoms with van der Waals surface area (Å²) in [6.45, 7) is 6.09. The van der Waals surface area contributed by atoms with Crippen LogP contribution in [0.1, 0.15) is 13.3 Å². The Kier molecular flexibility index (Phi) is 2.92. The van der Waals surface area contributed by atoms with Crippen molar-refractivity contribution in [1.29, 1.82) is 0 Å². The molecule has 0 saturated carbocycles. The molecule has 0 bridgehead atoms. The maximum absolute atomic E-state index is 3.98. The topological polar surface area (TPSA) is 3.24 Å². The van der Waals surface area contributed by atoms with Crippen LogP contribution in [-0.4, -0.2) is 7.05 Å². The van der Waals surface area contributed by atoms with Crippen LogP contribution in [0.4, 0.5) is 5.69 Å². The molecule has 0 spiro atoms. The van der Waals surface area contributed by atoms with Gasteiger partial charge in [0.15, 0.2) is 0 Å². The van der Waals surface area contributed by atoms with E-state index in [0.29, 0.717) is 0 Å². The molecule has 0 aromatic heterocycles. The molecule has 1 aromatic carbocycles. The smallest absolute Gasteiger partial charge is 0.0405 e. The van der Waals surface area contributed by atoms with Crippen LogP contribution in [0, 0.1) is 0 Å². The van der Waals surface area contributed by atoms with E-state index in [1.807, 2.05) is 25.2 Å². The minimum atomic E-state index is 0.991. The van der Waals surface area contributed by atoms with Crippen molar-refractivity contribution in [3.05, 3.63) is 42.6 Å². The van der Waals surface area contributed by atoms with Gasteiger partial charge in [-0.1, -0.05) is 31.7 Å². The monoisotopic (exact) mass is 161 g/mol. The van der Waals surface area contributed by atoms with Crippen molar-refractivity contribution in [2.45, 2.75) is 13.3 Å². The average molecular weight is 161 g/mol. The van der Waals surface area contributed by atoms with Gasteiger partial charge in [-0.05, 0) is 18.6 Å².